The average Bonchev–Trinajstić information content (AvgIpc) is 3.02. The van der Waals surface area contributed by atoms with Crippen LogP contribution in [0.1, 0.15) is 60.5 Å². The summed E-state index contributed by atoms with van der Waals surface area (Å²) in [5.74, 6) is -7.96. The Morgan fingerprint density at radius 3 is 2.35 bits per heavy atom. The quantitative estimate of drug-likeness (QED) is 0.142. The molecule has 48 heavy (non-hydrogen) atoms. The molecular weight excluding hydrogens is 626 g/mol. The Kier molecular flexibility index (Phi) is 8.97. The first kappa shape index (κ1) is 34.0. The van der Waals surface area contributed by atoms with Crippen LogP contribution in [0, 0.1) is 17.3 Å². The van der Waals surface area contributed by atoms with Crippen molar-refractivity contribution in [2.24, 2.45) is 23.0 Å². The van der Waals surface area contributed by atoms with Gasteiger partial charge in [0.05, 0.1) is 29.9 Å². The number of benzene rings is 2. The standard InChI is InChI=1S/C34H37N3O11/c1-14-16-5-6-18(37-23(42)9-8-22(41)36-11-10-15-4-7-19(38)20(39)12-15)29(44)25(16)30(45)27-24(14)28(43)17-13-21(40)26(33(35)47)31(46)34(17,2)32(27)48-3/h4-7,12,14,17,24,28,38-39,43-44,46H,8-11,13H2,1-3H3,(H2,35,47)(H,36,41)(H,37,42)/t14-,17?,24?,28+,34-/m0/s1. The summed E-state index contributed by atoms with van der Waals surface area (Å²) in [6.07, 6.45) is -1.71. The number of fused-ring (bicyclic) bond motifs is 3. The predicted octanol–water partition coefficient (Wildman–Crippen LogP) is 1.96. The second kappa shape index (κ2) is 12.7. The predicted molar refractivity (Wildman–Crippen MR) is 169 cm³/mol. The Balaban J connectivity index is 1.36. The summed E-state index contributed by atoms with van der Waals surface area (Å²) in [4.78, 5) is 64.2. The van der Waals surface area contributed by atoms with Crippen LogP contribution in [0.3, 0.4) is 0 Å². The normalized spacial score (nSPS) is 24.8. The molecule has 2 unspecified atom stereocenters. The van der Waals surface area contributed by atoms with Crippen LogP contribution in [-0.2, 0) is 30.3 Å². The van der Waals surface area contributed by atoms with E-state index in [0.717, 1.165) is 0 Å². The lowest BCUT2D eigenvalue weighted by Crippen LogP contribution is -2.55. The van der Waals surface area contributed by atoms with E-state index in [0.29, 0.717) is 17.5 Å². The molecule has 0 bridgehead atoms. The van der Waals surface area contributed by atoms with Gasteiger partial charge in [0, 0.05) is 43.2 Å². The average molecular weight is 664 g/mol. The highest BCUT2D eigenvalue weighted by molar-refractivity contribution is 6.20. The number of ketones is 2. The highest BCUT2D eigenvalue weighted by atomic mass is 16.5. The first-order valence-electron chi connectivity index (χ1n) is 15.3. The molecule has 14 heteroatoms. The monoisotopic (exact) mass is 663 g/mol. The van der Waals surface area contributed by atoms with Crippen LogP contribution in [0.5, 0.6) is 17.2 Å². The third-order valence-electron chi connectivity index (χ3n) is 9.77. The number of ether oxygens (including phenoxy) is 1. The van der Waals surface area contributed by atoms with Crippen LogP contribution < -0.4 is 16.4 Å². The Labute approximate surface area is 274 Å². The molecule has 0 heterocycles. The van der Waals surface area contributed by atoms with E-state index in [1.807, 2.05) is 0 Å². The second-order valence-electron chi connectivity index (χ2n) is 12.5. The topological polar surface area (TPSA) is 246 Å². The van der Waals surface area contributed by atoms with Gasteiger partial charge in [0.15, 0.2) is 28.8 Å². The van der Waals surface area contributed by atoms with Crippen molar-refractivity contribution in [1.29, 1.82) is 0 Å². The Bertz CT molecular complexity index is 1810. The third-order valence-corrected chi connectivity index (χ3v) is 9.77. The van der Waals surface area contributed by atoms with E-state index >= 15 is 0 Å². The number of aromatic hydroxyl groups is 3. The van der Waals surface area contributed by atoms with Gasteiger partial charge in [-0.1, -0.05) is 19.1 Å². The molecule has 0 radical (unpaired) electrons. The minimum absolute atomic E-state index is 0.0496. The molecule has 0 aliphatic heterocycles. The summed E-state index contributed by atoms with van der Waals surface area (Å²) in [5, 5.41) is 58.3. The molecule has 3 aliphatic rings. The van der Waals surface area contributed by atoms with E-state index in [1.165, 1.54) is 32.2 Å². The van der Waals surface area contributed by atoms with E-state index in [2.05, 4.69) is 10.6 Å². The number of nitrogens with one attached hydrogen (secondary N) is 2. The van der Waals surface area contributed by atoms with Crippen molar-refractivity contribution in [2.75, 3.05) is 19.0 Å². The number of phenolic OH excluding ortho intramolecular Hbond substituents is 3. The summed E-state index contributed by atoms with van der Waals surface area (Å²) in [6.45, 7) is 3.40. The number of aliphatic hydroxyl groups excluding tert-OH is 2. The molecule has 0 spiro atoms. The van der Waals surface area contributed by atoms with Gasteiger partial charge in [0.25, 0.3) is 5.91 Å². The van der Waals surface area contributed by atoms with Gasteiger partial charge in [-0.2, -0.15) is 0 Å². The van der Waals surface area contributed by atoms with Gasteiger partial charge in [0.2, 0.25) is 11.8 Å². The van der Waals surface area contributed by atoms with E-state index in [9.17, 15) is 49.5 Å². The molecule has 0 saturated heterocycles. The smallest absolute Gasteiger partial charge is 0.255 e. The third kappa shape index (κ3) is 5.51. The molecular formula is C34H37N3O11. The Morgan fingerprint density at radius 1 is 1.02 bits per heavy atom. The molecule has 5 rings (SSSR count). The summed E-state index contributed by atoms with van der Waals surface area (Å²) in [6, 6.07) is 7.27. The number of amides is 3. The van der Waals surface area contributed by atoms with Crippen molar-refractivity contribution in [3.05, 3.63) is 69.7 Å². The lowest BCUT2D eigenvalue weighted by molar-refractivity contribution is -0.128. The van der Waals surface area contributed by atoms with E-state index < -0.39 is 75.6 Å². The number of anilines is 1. The fraction of sp³-hybridized carbons (Fsp3) is 0.382. The molecule has 9 N–H and O–H groups in total. The van der Waals surface area contributed by atoms with Crippen molar-refractivity contribution in [1.82, 2.24) is 5.32 Å². The summed E-state index contributed by atoms with van der Waals surface area (Å²) in [7, 11) is 1.26. The van der Waals surface area contributed by atoms with Crippen LogP contribution in [0.2, 0.25) is 0 Å². The molecule has 2 aromatic carbocycles. The number of hydrogen-bond donors (Lipinski definition) is 8. The number of hydrogen-bond acceptors (Lipinski definition) is 11. The van der Waals surface area contributed by atoms with E-state index in [1.54, 1.807) is 19.1 Å². The lowest BCUT2D eigenvalue weighted by Gasteiger charge is -2.52. The van der Waals surface area contributed by atoms with Gasteiger partial charge in [-0.05, 0) is 48.6 Å². The van der Waals surface area contributed by atoms with E-state index in [-0.39, 0.29) is 59.9 Å². The summed E-state index contributed by atoms with van der Waals surface area (Å²) < 4.78 is 5.68. The number of nitrogens with two attached hydrogens (primary N) is 1. The van der Waals surface area contributed by atoms with Crippen LogP contribution in [0.15, 0.2) is 53.0 Å². The zero-order valence-corrected chi connectivity index (χ0v) is 26.5. The zero-order valence-electron chi connectivity index (χ0n) is 26.5. The second-order valence-corrected chi connectivity index (χ2v) is 12.5. The van der Waals surface area contributed by atoms with Crippen LogP contribution in [-0.4, -0.2) is 74.6 Å². The number of carbonyl (C=O) groups excluding carboxylic acids is 5. The van der Waals surface area contributed by atoms with Crippen LogP contribution in [0.4, 0.5) is 5.69 Å². The minimum Gasteiger partial charge on any atom is -0.510 e. The molecule has 14 nitrogen and oxygen atoms in total. The van der Waals surface area contributed by atoms with E-state index in [4.69, 9.17) is 10.5 Å². The Morgan fingerprint density at radius 2 is 1.71 bits per heavy atom. The number of rotatable bonds is 9. The maximum atomic E-state index is 14.2. The number of methoxy groups -OCH3 is 1. The molecule has 0 aromatic heterocycles. The van der Waals surface area contributed by atoms with Crippen molar-refractivity contribution >= 4 is 35.0 Å². The minimum atomic E-state index is -1.67. The molecule has 254 valence electrons. The fourth-order valence-corrected chi connectivity index (χ4v) is 7.29. The molecule has 0 saturated carbocycles. The lowest BCUT2D eigenvalue weighted by atomic mass is 9.53. The SMILES string of the molecule is COC1=C2C(=O)c3c(ccc(NC(=O)CCC(=O)NCCc4ccc(O)c(O)c4)c3O)[C@H](C)C2[C@H](O)C2CC(=O)C(C(N)=O)=C(O)[C@@]12C. The molecule has 3 aliphatic carbocycles. The molecule has 5 atom stereocenters. The van der Waals surface area contributed by atoms with Crippen LogP contribution >= 0.6 is 0 Å². The largest absolute Gasteiger partial charge is 0.510 e. The Hall–Kier alpha value is -5.37. The van der Waals surface area contributed by atoms with Gasteiger partial charge >= 0.3 is 0 Å². The van der Waals surface area contributed by atoms with Gasteiger partial charge in [0.1, 0.15) is 17.1 Å². The number of carbonyl (C=O) groups is 5. The number of phenols is 3. The van der Waals surface area contributed by atoms with Crippen molar-refractivity contribution in [3.63, 3.8) is 0 Å². The summed E-state index contributed by atoms with van der Waals surface area (Å²) in [5.41, 5.74) is 3.86. The number of Topliss-reactive ketones (excluding diaryl/α,β-unsaturated/α-hetero) is 2. The van der Waals surface area contributed by atoms with Crippen molar-refractivity contribution in [2.45, 2.75) is 51.6 Å². The van der Waals surface area contributed by atoms with Crippen molar-refractivity contribution in [3.8, 4) is 17.2 Å². The molecule has 0 fully saturated rings. The molecule has 2 aromatic rings. The highest BCUT2D eigenvalue weighted by Gasteiger charge is 2.61. The number of primary amides is 1. The van der Waals surface area contributed by atoms with Gasteiger partial charge < -0.3 is 46.6 Å². The maximum Gasteiger partial charge on any atom is 0.255 e. The van der Waals surface area contributed by atoms with Crippen LogP contribution in [0.25, 0.3) is 0 Å². The van der Waals surface area contributed by atoms with Gasteiger partial charge in [-0.3, -0.25) is 24.0 Å². The maximum absolute atomic E-state index is 14.2. The summed E-state index contributed by atoms with van der Waals surface area (Å²) >= 11 is 0. The number of aliphatic hydroxyl groups is 2. The first-order valence-corrected chi connectivity index (χ1v) is 15.3. The highest BCUT2D eigenvalue weighted by Crippen LogP contribution is 2.60. The van der Waals surface area contributed by atoms with Gasteiger partial charge in [-0.15, -0.1) is 0 Å². The zero-order chi connectivity index (χ0) is 35.2. The molecule has 3 amide bonds. The first-order chi connectivity index (χ1) is 22.6. The fourth-order valence-electron chi connectivity index (χ4n) is 7.29. The van der Waals surface area contributed by atoms with Gasteiger partial charge in [-0.25, -0.2) is 0 Å². The van der Waals surface area contributed by atoms with Crippen molar-refractivity contribution < 1.29 is 54.2 Å².